The fourth-order valence-electron chi connectivity index (χ4n) is 1.88. The van der Waals surface area contributed by atoms with Gasteiger partial charge in [0, 0.05) is 10.9 Å². The maximum atomic E-state index is 11.9. The van der Waals surface area contributed by atoms with Gasteiger partial charge in [0.05, 0.1) is 0 Å². The largest absolute Gasteiger partial charge is 0.250 e. The number of hydrogen-bond donors (Lipinski definition) is 1. The fraction of sp³-hybridized carbons (Fsp3) is 0.600. The van der Waals surface area contributed by atoms with Gasteiger partial charge in [0.25, 0.3) is 0 Å². The van der Waals surface area contributed by atoms with Crippen molar-refractivity contribution in [2.24, 2.45) is 0 Å². The summed E-state index contributed by atoms with van der Waals surface area (Å²) in [6.07, 6.45) is 4.22. The van der Waals surface area contributed by atoms with Crippen molar-refractivity contribution in [2.75, 3.05) is 0 Å². The molecule has 1 aliphatic rings. The smallest absolute Gasteiger partial charge is 0.207 e. The van der Waals surface area contributed by atoms with E-state index in [2.05, 4.69) is 4.72 Å². The second kappa shape index (κ2) is 4.23. The number of nitrogens with one attached hydrogen (secondary N) is 1. The third kappa shape index (κ3) is 2.59. The summed E-state index contributed by atoms with van der Waals surface area (Å²) < 4.78 is 27.0. The van der Waals surface area contributed by atoms with Crippen LogP contribution in [0.15, 0.2) is 16.3 Å². The van der Waals surface area contributed by atoms with Gasteiger partial charge in [0.1, 0.15) is 4.21 Å². The average molecular weight is 245 g/mol. The van der Waals surface area contributed by atoms with E-state index >= 15 is 0 Å². The first-order chi connectivity index (χ1) is 7.08. The first-order valence-corrected chi connectivity index (χ1v) is 7.47. The summed E-state index contributed by atoms with van der Waals surface area (Å²) in [5.74, 6) is 0. The molecule has 0 spiro atoms. The van der Waals surface area contributed by atoms with Gasteiger partial charge in [-0.25, -0.2) is 13.1 Å². The summed E-state index contributed by atoms with van der Waals surface area (Å²) in [4.78, 5) is 1.03. The Labute approximate surface area is 94.6 Å². The number of sulfonamides is 1. The molecule has 1 heterocycles. The lowest BCUT2D eigenvalue weighted by atomic mass is 10.3. The monoisotopic (exact) mass is 245 g/mol. The highest BCUT2D eigenvalue weighted by Gasteiger charge is 2.23. The Morgan fingerprint density at radius 2 is 2.00 bits per heavy atom. The minimum Gasteiger partial charge on any atom is -0.207 e. The van der Waals surface area contributed by atoms with Crippen LogP contribution in [0, 0.1) is 6.92 Å². The standard InChI is InChI=1S/C10H15NO2S2/c1-8-6-7-10(14-8)15(12,13)11-9-4-2-3-5-9/h6-7,9,11H,2-5H2,1H3. The van der Waals surface area contributed by atoms with Crippen LogP contribution in [0.2, 0.25) is 0 Å². The molecule has 1 aromatic rings. The zero-order valence-electron chi connectivity index (χ0n) is 8.69. The van der Waals surface area contributed by atoms with Crippen LogP contribution in [0.5, 0.6) is 0 Å². The summed E-state index contributed by atoms with van der Waals surface area (Å²) in [5, 5.41) is 0. The highest BCUT2D eigenvalue weighted by atomic mass is 32.2. The molecule has 1 N–H and O–H groups in total. The second-order valence-electron chi connectivity index (χ2n) is 3.97. The Balaban J connectivity index is 2.12. The van der Waals surface area contributed by atoms with Crippen molar-refractivity contribution < 1.29 is 8.42 Å². The molecule has 0 amide bonds. The Hall–Kier alpha value is -0.390. The number of thiophene rings is 1. The SMILES string of the molecule is Cc1ccc(S(=O)(=O)NC2CCCC2)s1. The second-order valence-corrected chi connectivity index (χ2v) is 7.20. The maximum absolute atomic E-state index is 11.9. The quantitative estimate of drug-likeness (QED) is 0.888. The molecular weight excluding hydrogens is 230 g/mol. The van der Waals surface area contributed by atoms with Crippen LogP contribution < -0.4 is 4.72 Å². The summed E-state index contributed by atoms with van der Waals surface area (Å²) in [6.45, 7) is 1.92. The van der Waals surface area contributed by atoms with Crippen molar-refractivity contribution in [3.05, 3.63) is 17.0 Å². The molecule has 1 fully saturated rings. The lowest BCUT2D eigenvalue weighted by Gasteiger charge is -2.10. The van der Waals surface area contributed by atoms with Gasteiger partial charge in [0.2, 0.25) is 10.0 Å². The van der Waals surface area contributed by atoms with Gasteiger partial charge in [0.15, 0.2) is 0 Å². The van der Waals surface area contributed by atoms with Gasteiger partial charge in [-0.2, -0.15) is 0 Å². The number of aryl methyl sites for hydroxylation is 1. The summed E-state index contributed by atoms with van der Waals surface area (Å²) in [7, 11) is -3.25. The molecule has 0 unspecified atom stereocenters. The molecule has 0 aromatic carbocycles. The predicted octanol–water partition coefficient (Wildman–Crippen LogP) is 2.28. The Kier molecular flexibility index (Phi) is 3.13. The van der Waals surface area contributed by atoms with Crippen molar-refractivity contribution >= 4 is 21.4 Å². The van der Waals surface area contributed by atoms with Crippen molar-refractivity contribution in [2.45, 2.75) is 42.9 Å². The highest BCUT2D eigenvalue weighted by Crippen LogP contribution is 2.24. The van der Waals surface area contributed by atoms with Crippen LogP contribution in [-0.2, 0) is 10.0 Å². The Morgan fingerprint density at radius 1 is 1.33 bits per heavy atom. The van der Waals surface area contributed by atoms with E-state index < -0.39 is 10.0 Å². The molecule has 2 rings (SSSR count). The zero-order chi connectivity index (χ0) is 10.9. The molecule has 15 heavy (non-hydrogen) atoms. The first-order valence-electron chi connectivity index (χ1n) is 5.17. The van der Waals surface area contributed by atoms with E-state index in [4.69, 9.17) is 0 Å². The molecule has 1 aliphatic carbocycles. The Morgan fingerprint density at radius 3 is 2.53 bits per heavy atom. The molecule has 1 saturated carbocycles. The van der Waals surface area contributed by atoms with Crippen LogP contribution in [0.1, 0.15) is 30.6 Å². The number of rotatable bonds is 3. The van der Waals surface area contributed by atoms with Crippen molar-refractivity contribution in [3.8, 4) is 0 Å². The molecular formula is C10H15NO2S2. The van der Waals surface area contributed by atoms with Gasteiger partial charge in [-0.3, -0.25) is 0 Å². The molecule has 3 nitrogen and oxygen atoms in total. The van der Waals surface area contributed by atoms with Crippen molar-refractivity contribution in [1.29, 1.82) is 0 Å². The Bertz CT molecular complexity index is 430. The van der Waals surface area contributed by atoms with E-state index in [-0.39, 0.29) is 6.04 Å². The fourth-order valence-corrected chi connectivity index (χ4v) is 4.48. The van der Waals surface area contributed by atoms with E-state index in [0.717, 1.165) is 30.6 Å². The molecule has 0 radical (unpaired) electrons. The van der Waals surface area contributed by atoms with E-state index in [1.807, 2.05) is 13.0 Å². The van der Waals surface area contributed by atoms with Gasteiger partial charge in [-0.05, 0) is 31.9 Å². The molecule has 0 atom stereocenters. The lowest BCUT2D eigenvalue weighted by Crippen LogP contribution is -2.32. The summed E-state index contributed by atoms with van der Waals surface area (Å²) >= 11 is 1.33. The molecule has 1 aromatic heterocycles. The number of hydrogen-bond acceptors (Lipinski definition) is 3. The molecule has 5 heteroatoms. The molecule has 84 valence electrons. The lowest BCUT2D eigenvalue weighted by molar-refractivity contribution is 0.554. The minimum atomic E-state index is -3.25. The van der Waals surface area contributed by atoms with Gasteiger partial charge >= 0.3 is 0 Å². The predicted molar refractivity (Wildman–Crippen MR) is 61.6 cm³/mol. The maximum Gasteiger partial charge on any atom is 0.250 e. The third-order valence-corrected chi connectivity index (χ3v) is 5.67. The van der Waals surface area contributed by atoms with Crippen molar-refractivity contribution in [3.63, 3.8) is 0 Å². The molecule has 0 bridgehead atoms. The normalized spacial score (nSPS) is 18.5. The average Bonchev–Trinajstić information content (AvgIpc) is 2.75. The third-order valence-electron chi connectivity index (χ3n) is 2.66. The van der Waals surface area contributed by atoms with Gasteiger partial charge in [-0.1, -0.05) is 12.8 Å². The minimum absolute atomic E-state index is 0.150. The van der Waals surface area contributed by atoms with Crippen LogP contribution in [0.3, 0.4) is 0 Å². The molecule has 0 saturated heterocycles. The van der Waals surface area contributed by atoms with Crippen LogP contribution in [-0.4, -0.2) is 14.5 Å². The van der Waals surface area contributed by atoms with Crippen LogP contribution >= 0.6 is 11.3 Å². The van der Waals surface area contributed by atoms with E-state index in [1.165, 1.54) is 11.3 Å². The van der Waals surface area contributed by atoms with Crippen LogP contribution in [0.4, 0.5) is 0 Å². The summed E-state index contributed by atoms with van der Waals surface area (Å²) in [5.41, 5.74) is 0. The van der Waals surface area contributed by atoms with E-state index in [9.17, 15) is 8.42 Å². The summed E-state index contributed by atoms with van der Waals surface area (Å²) in [6, 6.07) is 3.67. The topological polar surface area (TPSA) is 46.2 Å². The van der Waals surface area contributed by atoms with Crippen LogP contribution in [0.25, 0.3) is 0 Å². The molecule has 0 aliphatic heterocycles. The zero-order valence-corrected chi connectivity index (χ0v) is 10.3. The van der Waals surface area contributed by atoms with E-state index in [1.54, 1.807) is 6.07 Å². The first kappa shape index (κ1) is 11.1. The van der Waals surface area contributed by atoms with E-state index in [0.29, 0.717) is 4.21 Å². The highest BCUT2D eigenvalue weighted by molar-refractivity contribution is 7.91. The van der Waals surface area contributed by atoms with Gasteiger partial charge < -0.3 is 0 Å². The van der Waals surface area contributed by atoms with Crippen molar-refractivity contribution in [1.82, 2.24) is 4.72 Å². The van der Waals surface area contributed by atoms with Gasteiger partial charge in [-0.15, -0.1) is 11.3 Å².